The Morgan fingerprint density at radius 3 is 2.60 bits per heavy atom. The molecule has 1 aromatic heterocycles. The minimum atomic E-state index is -0.125. The zero-order valence-corrected chi connectivity index (χ0v) is 12.8. The Kier molecular flexibility index (Phi) is 3.87. The number of nitrogens with one attached hydrogen (secondary N) is 1. The Labute approximate surface area is 124 Å². The maximum absolute atomic E-state index is 5.77. The topological polar surface area (TPSA) is 34.2 Å². The first kappa shape index (κ1) is 13.7. The molecule has 0 saturated heterocycles. The van der Waals surface area contributed by atoms with Gasteiger partial charge in [0, 0.05) is 13.7 Å². The number of hydrogen-bond donors (Lipinski definition) is 1. The van der Waals surface area contributed by atoms with Gasteiger partial charge in [-0.2, -0.15) is 0 Å². The van der Waals surface area contributed by atoms with Gasteiger partial charge in [-0.3, -0.25) is 0 Å². The molecule has 0 unspecified atom stereocenters. The minimum absolute atomic E-state index is 0.125. The number of rotatable bonds is 5. The van der Waals surface area contributed by atoms with Gasteiger partial charge in [0.2, 0.25) is 0 Å². The quantitative estimate of drug-likeness (QED) is 0.913. The second kappa shape index (κ2) is 5.64. The lowest BCUT2D eigenvalue weighted by Gasteiger charge is -2.38. The highest BCUT2D eigenvalue weighted by Gasteiger charge is 2.42. The molecule has 106 valence electrons. The Morgan fingerprint density at radius 1 is 1.30 bits per heavy atom. The summed E-state index contributed by atoms with van der Waals surface area (Å²) in [6.07, 6.45) is 3.41. The third-order valence-electron chi connectivity index (χ3n) is 4.02. The van der Waals surface area contributed by atoms with Crippen molar-refractivity contribution in [3.63, 3.8) is 0 Å². The molecule has 1 aromatic carbocycles. The van der Waals surface area contributed by atoms with Gasteiger partial charge in [-0.25, -0.2) is 4.98 Å². The molecule has 1 heterocycles. The second-order valence-corrected chi connectivity index (χ2v) is 6.24. The number of methoxy groups -OCH3 is 1. The van der Waals surface area contributed by atoms with Crippen LogP contribution in [0.1, 0.15) is 30.0 Å². The van der Waals surface area contributed by atoms with E-state index in [2.05, 4.69) is 29.6 Å². The van der Waals surface area contributed by atoms with E-state index < -0.39 is 0 Å². The van der Waals surface area contributed by atoms with Crippen molar-refractivity contribution in [1.82, 2.24) is 10.3 Å². The molecule has 1 saturated carbocycles. The predicted molar refractivity (Wildman–Crippen MR) is 82.9 cm³/mol. The molecule has 0 aliphatic heterocycles. The molecule has 1 aliphatic carbocycles. The highest BCUT2D eigenvalue weighted by atomic mass is 32.1. The first-order valence-corrected chi connectivity index (χ1v) is 7.86. The largest absolute Gasteiger partial charge is 0.371 e. The van der Waals surface area contributed by atoms with Crippen molar-refractivity contribution in [3.05, 3.63) is 41.0 Å². The van der Waals surface area contributed by atoms with Gasteiger partial charge < -0.3 is 10.1 Å². The number of nitrogens with zero attached hydrogens (tertiary/aromatic N) is 1. The molecule has 1 N–H and O–H groups in total. The van der Waals surface area contributed by atoms with Gasteiger partial charge in [0.25, 0.3) is 0 Å². The van der Waals surface area contributed by atoms with E-state index in [0.29, 0.717) is 0 Å². The fourth-order valence-corrected chi connectivity index (χ4v) is 3.96. The summed E-state index contributed by atoms with van der Waals surface area (Å²) in [6, 6.07) is 10.5. The smallest absolute Gasteiger partial charge is 0.126 e. The average molecular weight is 288 g/mol. The first-order valence-electron chi connectivity index (χ1n) is 7.04. The van der Waals surface area contributed by atoms with E-state index in [1.165, 1.54) is 16.9 Å². The summed E-state index contributed by atoms with van der Waals surface area (Å²) >= 11 is 1.78. The first-order chi connectivity index (χ1) is 9.79. The summed E-state index contributed by atoms with van der Waals surface area (Å²) in [4.78, 5) is 6.13. The van der Waals surface area contributed by atoms with Crippen LogP contribution in [0.25, 0.3) is 10.4 Å². The van der Waals surface area contributed by atoms with Gasteiger partial charge in [-0.05, 0) is 31.9 Å². The molecule has 1 aliphatic rings. The van der Waals surface area contributed by atoms with Crippen LogP contribution in [0.15, 0.2) is 30.3 Å². The third kappa shape index (κ3) is 2.28. The lowest BCUT2D eigenvalue weighted by atomic mass is 9.80. The number of benzene rings is 1. The SMILES string of the molecule is CNCc1nc(C2(OC)CCC2)sc1-c1ccccc1. The molecule has 2 aromatic rings. The molecule has 1 fully saturated rings. The molecule has 3 nitrogen and oxygen atoms in total. The second-order valence-electron chi connectivity index (χ2n) is 5.24. The van der Waals surface area contributed by atoms with Gasteiger partial charge in [0.15, 0.2) is 0 Å². The number of aromatic nitrogens is 1. The molecule has 0 radical (unpaired) electrons. The van der Waals surface area contributed by atoms with Crippen LogP contribution in [0.5, 0.6) is 0 Å². The van der Waals surface area contributed by atoms with Crippen molar-refractivity contribution >= 4 is 11.3 Å². The van der Waals surface area contributed by atoms with Crippen molar-refractivity contribution in [1.29, 1.82) is 0 Å². The molecule has 3 rings (SSSR count). The average Bonchev–Trinajstić information content (AvgIpc) is 2.84. The summed E-state index contributed by atoms with van der Waals surface area (Å²) in [5, 5.41) is 4.35. The van der Waals surface area contributed by atoms with Crippen LogP contribution in [-0.2, 0) is 16.9 Å². The Balaban J connectivity index is 2.03. The fraction of sp³-hybridized carbons (Fsp3) is 0.438. The van der Waals surface area contributed by atoms with E-state index in [4.69, 9.17) is 9.72 Å². The summed E-state index contributed by atoms with van der Waals surface area (Å²) < 4.78 is 5.77. The highest BCUT2D eigenvalue weighted by Crippen LogP contribution is 2.47. The van der Waals surface area contributed by atoms with Crippen LogP contribution in [0.3, 0.4) is 0 Å². The molecule has 0 bridgehead atoms. The van der Waals surface area contributed by atoms with Crippen molar-refractivity contribution < 1.29 is 4.74 Å². The molecular formula is C16H20N2OS. The van der Waals surface area contributed by atoms with Crippen LogP contribution in [-0.4, -0.2) is 19.1 Å². The summed E-state index contributed by atoms with van der Waals surface area (Å²) in [7, 11) is 3.77. The van der Waals surface area contributed by atoms with Crippen molar-refractivity contribution in [2.24, 2.45) is 0 Å². The summed E-state index contributed by atoms with van der Waals surface area (Å²) in [6.45, 7) is 0.792. The van der Waals surface area contributed by atoms with E-state index in [1.54, 1.807) is 18.4 Å². The highest BCUT2D eigenvalue weighted by molar-refractivity contribution is 7.15. The Bertz CT molecular complexity index is 570. The number of ether oxygens (including phenoxy) is 1. The van der Waals surface area contributed by atoms with Crippen LogP contribution in [0.2, 0.25) is 0 Å². The number of thiazole rings is 1. The predicted octanol–water partition coefficient (Wildman–Crippen LogP) is 3.56. The maximum Gasteiger partial charge on any atom is 0.126 e. The molecule has 0 spiro atoms. The molecule has 4 heteroatoms. The molecular weight excluding hydrogens is 268 g/mol. The van der Waals surface area contributed by atoms with Gasteiger partial charge >= 0.3 is 0 Å². The standard InChI is InChI=1S/C16H20N2OS/c1-17-11-13-14(12-7-4-3-5-8-12)20-15(18-13)16(19-2)9-6-10-16/h3-5,7-8,17H,6,9-11H2,1-2H3. The summed E-state index contributed by atoms with van der Waals surface area (Å²) in [5.41, 5.74) is 2.24. The van der Waals surface area contributed by atoms with Crippen LogP contribution in [0, 0.1) is 0 Å². The molecule has 0 atom stereocenters. The van der Waals surface area contributed by atoms with E-state index >= 15 is 0 Å². The monoisotopic (exact) mass is 288 g/mol. The van der Waals surface area contributed by atoms with Crippen molar-refractivity contribution in [2.45, 2.75) is 31.4 Å². The summed E-state index contributed by atoms with van der Waals surface area (Å²) in [5.74, 6) is 0. The Morgan fingerprint density at radius 2 is 2.05 bits per heavy atom. The van der Waals surface area contributed by atoms with E-state index in [9.17, 15) is 0 Å². The molecule has 20 heavy (non-hydrogen) atoms. The van der Waals surface area contributed by atoms with E-state index in [-0.39, 0.29) is 5.60 Å². The number of hydrogen-bond acceptors (Lipinski definition) is 4. The van der Waals surface area contributed by atoms with Gasteiger partial charge in [-0.1, -0.05) is 30.3 Å². The third-order valence-corrected chi connectivity index (χ3v) is 5.35. The van der Waals surface area contributed by atoms with Crippen molar-refractivity contribution in [2.75, 3.05) is 14.2 Å². The van der Waals surface area contributed by atoms with Crippen LogP contribution in [0.4, 0.5) is 0 Å². The zero-order valence-electron chi connectivity index (χ0n) is 12.0. The fourth-order valence-electron chi connectivity index (χ4n) is 2.65. The van der Waals surface area contributed by atoms with Gasteiger partial charge in [-0.15, -0.1) is 11.3 Å². The maximum atomic E-state index is 5.77. The Hall–Kier alpha value is -1.23. The van der Waals surface area contributed by atoms with Gasteiger partial charge in [0.05, 0.1) is 10.6 Å². The lowest BCUT2D eigenvalue weighted by molar-refractivity contribution is -0.0780. The van der Waals surface area contributed by atoms with E-state index in [0.717, 1.165) is 30.1 Å². The van der Waals surface area contributed by atoms with Gasteiger partial charge in [0.1, 0.15) is 10.6 Å². The van der Waals surface area contributed by atoms with Crippen LogP contribution < -0.4 is 5.32 Å². The lowest BCUT2D eigenvalue weighted by Crippen LogP contribution is -2.36. The van der Waals surface area contributed by atoms with Crippen LogP contribution >= 0.6 is 11.3 Å². The van der Waals surface area contributed by atoms with Crippen molar-refractivity contribution in [3.8, 4) is 10.4 Å². The zero-order chi connectivity index (χ0) is 14.0. The molecule has 0 amide bonds. The minimum Gasteiger partial charge on any atom is -0.371 e. The van der Waals surface area contributed by atoms with E-state index in [1.807, 2.05) is 13.1 Å². The normalized spacial score (nSPS) is 16.9.